The highest BCUT2D eigenvalue weighted by Crippen LogP contribution is 2.36. The average molecular weight is 386 g/mol. The standard InChI is InChI=1S/C20H20ClN3OS/c21-15-6-3-5-14(11-15)12-22-19(25)13-24-10-4-8-17(24)20-23-16-7-1-2-9-18(16)26-20/h1-3,5-7,9,11,17H,4,8,10,12-13H2,(H,22,25)/t17-/m0/s1. The van der Waals surface area contributed by atoms with Crippen molar-refractivity contribution in [2.24, 2.45) is 0 Å². The molecular weight excluding hydrogens is 366 g/mol. The number of rotatable bonds is 5. The summed E-state index contributed by atoms with van der Waals surface area (Å²) < 4.78 is 1.21. The van der Waals surface area contributed by atoms with E-state index in [0.717, 1.165) is 35.5 Å². The van der Waals surface area contributed by atoms with E-state index in [1.807, 2.05) is 42.5 Å². The fourth-order valence-electron chi connectivity index (χ4n) is 3.42. The lowest BCUT2D eigenvalue weighted by atomic mass is 10.2. The Hall–Kier alpha value is -1.95. The molecule has 1 saturated heterocycles. The van der Waals surface area contributed by atoms with Crippen LogP contribution in [0, 0.1) is 0 Å². The zero-order valence-corrected chi connectivity index (χ0v) is 15.9. The molecule has 1 aliphatic rings. The van der Waals surface area contributed by atoms with E-state index in [1.165, 1.54) is 4.70 Å². The fourth-order valence-corrected chi connectivity index (χ4v) is 4.77. The quantitative estimate of drug-likeness (QED) is 0.707. The summed E-state index contributed by atoms with van der Waals surface area (Å²) in [4.78, 5) is 19.4. The van der Waals surface area contributed by atoms with Gasteiger partial charge in [0.2, 0.25) is 5.91 Å². The second-order valence-electron chi connectivity index (χ2n) is 6.55. The highest BCUT2D eigenvalue weighted by Gasteiger charge is 2.29. The third-order valence-corrected chi connectivity index (χ3v) is 6.06. The van der Waals surface area contributed by atoms with Gasteiger partial charge in [0.15, 0.2) is 0 Å². The molecule has 0 spiro atoms. The Morgan fingerprint density at radius 2 is 2.15 bits per heavy atom. The number of amides is 1. The van der Waals surface area contributed by atoms with Gasteiger partial charge in [-0.15, -0.1) is 11.3 Å². The molecule has 3 aromatic rings. The first-order valence-electron chi connectivity index (χ1n) is 8.80. The molecular formula is C20H20ClN3OS. The summed E-state index contributed by atoms with van der Waals surface area (Å²) >= 11 is 7.73. The second kappa shape index (κ2) is 7.74. The first kappa shape index (κ1) is 17.5. The van der Waals surface area contributed by atoms with Crippen LogP contribution in [0.1, 0.15) is 29.5 Å². The maximum atomic E-state index is 12.4. The van der Waals surface area contributed by atoms with Crippen molar-refractivity contribution in [3.63, 3.8) is 0 Å². The molecule has 0 bridgehead atoms. The summed E-state index contributed by atoms with van der Waals surface area (Å²) in [5.74, 6) is 0.0398. The first-order chi connectivity index (χ1) is 12.7. The molecule has 4 nitrogen and oxygen atoms in total. The molecule has 4 rings (SSSR count). The third kappa shape index (κ3) is 3.90. The molecule has 0 aliphatic carbocycles. The number of likely N-dealkylation sites (tertiary alicyclic amines) is 1. The van der Waals surface area contributed by atoms with Crippen LogP contribution in [0.3, 0.4) is 0 Å². The Balaban J connectivity index is 1.39. The minimum Gasteiger partial charge on any atom is -0.351 e. The lowest BCUT2D eigenvalue weighted by Crippen LogP contribution is -2.36. The molecule has 2 heterocycles. The van der Waals surface area contributed by atoms with Gasteiger partial charge in [-0.05, 0) is 49.2 Å². The lowest BCUT2D eigenvalue weighted by Gasteiger charge is -2.22. The van der Waals surface area contributed by atoms with Gasteiger partial charge in [-0.25, -0.2) is 4.98 Å². The minimum atomic E-state index is 0.0398. The molecule has 1 aliphatic heterocycles. The summed E-state index contributed by atoms with van der Waals surface area (Å²) in [6, 6.07) is 16.0. The summed E-state index contributed by atoms with van der Waals surface area (Å²) in [5, 5.41) is 4.80. The van der Waals surface area contributed by atoms with Crippen LogP contribution in [-0.2, 0) is 11.3 Å². The molecule has 0 saturated carbocycles. The van der Waals surface area contributed by atoms with Crippen LogP contribution in [0.2, 0.25) is 5.02 Å². The average Bonchev–Trinajstić information content (AvgIpc) is 3.26. The molecule has 6 heteroatoms. The maximum absolute atomic E-state index is 12.4. The summed E-state index contributed by atoms with van der Waals surface area (Å²) in [6.07, 6.45) is 2.16. The van der Waals surface area contributed by atoms with Crippen molar-refractivity contribution in [1.82, 2.24) is 15.2 Å². The van der Waals surface area contributed by atoms with Gasteiger partial charge in [0.05, 0.1) is 22.8 Å². The number of hydrogen-bond donors (Lipinski definition) is 1. The fraction of sp³-hybridized carbons (Fsp3) is 0.300. The Bertz CT molecular complexity index is 893. The monoisotopic (exact) mass is 385 g/mol. The van der Waals surface area contributed by atoms with Crippen LogP contribution in [0.15, 0.2) is 48.5 Å². The number of carbonyl (C=O) groups is 1. The van der Waals surface area contributed by atoms with Gasteiger partial charge in [-0.1, -0.05) is 35.9 Å². The number of hydrogen-bond acceptors (Lipinski definition) is 4. The molecule has 1 atom stereocenters. The molecule has 0 unspecified atom stereocenters. The van der Waals surface area contributed by atoms with Gasteiger partial charge in [0, 0.05) is 11.6 Å². The Morgan fingerprint density at radius 3 is 3.00 bits per heavy atom. The Morgan fingerprint density at radius 1 is 1.27 bits per heavy atom. The third-order valence-electron chi connectivity index (χ3n) is 4.68. The van der Waals surface area contributed by atoms with E-state index in [1.54, 1.807) is 11.3 Å². The SMILES string of the molecule is O=C(CN1CCC[C@H]1c1nc2ccccc2s1)NCc1cccc(Cl)c1. The predicted molar refractivity (Wildman–Crippen MR) is 106 cm³/mol. The summed E-state index contributed by atoms with van der Waals surface area (Å²) in [6.45, 7) is 1.84. The first-order valence-corrected chi connectivity index (χ1v) is 9.99. The normalized spacial score (nSPS) is 17.7. The Labute approximate surface area is 161 Å². The van der Waals surface area contributed by atoms with Crippen molar-refractivity contribution in [3.05, 3.63) is 64.1 Å². The zero-order chi connectivity index (χ0) is 17.9. The number of nitrogens with zero attached hydrogens (tertiary/aromatic N) is 2. The molecule has 26 heavy (non-hydrogen) atoms. The van der Waals surface area contributed by atoms with Crippen LogP contribution in [-0.4, -0.2) is 28.9 Å². The van der Waals surface area contributed by atoms with Crippen molar-refractivity contribution in [1.29, 1.82) is 0 Å². The number of halogens is 1. The van der Waals surface area contributed by atoms with Crippen LogP contribution < -0.4 is 5.32 Å². The number of aromatic nitrogens is 1. The van der Waals surface area contributed by atoms with E-state index in [-0.39, 0.29) is 11.9 Å². The van der Waals surface area contributed by atoms with E-state index in [0.29, 0.717) is 18.1 Å². The summed E-state index contributed by atoms with van der Waals surface area (Å²) in [5.41, 5.74) is 2.06. The van der Waals surface area contributed by atoms with Gasteiger partial charge in [-0.3, -0.25) is 9.69 Å². The van der Waals surface area contributed by atoms with E-state index >= 15 is 0 Å². The van der Waals surface area contributed by atoms with Crippen molar-refractivity contribution in [3.8, 4) is 0 Å². The van der Waals surface area contributed by atoms with Gasteiger partial charge in [-0.2, -0.15) is 0 Å². The highest BCUT2D eigenvalue weighted by molar-refractivity contribution is 7.18. The van der Waals surface area contributed by atoms with Gasteiger partial charge in [0.1, 0.15) is 5.01 Å². The number of nitrogens with one attached hydrogen (secondary N) is 1. The van der Waals surface area contributed by atoms with E-state index in [4.69, 9.17) is 16.6 Å². The van der Waals surface area contributed by atoms with Crippen LogP contribution in [0.25, 0.3) is 10.2 Å². The molecule has 1 amide bonds. The molecule has 0 radical (unpaired) electrons. The topological polar surface area (TPSA) is 45.2 Å². The number of para-hydroxylation sites is 1. The van der Waals surface area contributed by atoms with Gasteiger partial charge >= 0.3 is 0 Å². The van der Waals surface area contributed by atoms with Gasteiger partial charge in [0.25, 0.3) is 0 Å². The number of carbonyl (C=O) groups excluding carboxylic acids is 1. The minimum absolute atomic E-state index is 0.0398. The Kier molecular flexibility index (Phi) is 5.20. The molecule has 1 aromatic heterocycles. The predicted octanol–water partition coefficient (Wildman–Crippen LogP) is 4.40. The van der Waals surface area contributed by atoms with Crippen LogP contribution >= 0.6 is 22.9 Å². The molecule has 1 N–H and O–H groups in total. The van der Waals surface area contributed by atoms with Crippen molar-refractivity contribution >= 4 is 39.1 Å². The van der Waals surface area contributed by atoms with E-state index in [2.05, 4.69) is 16.3 Å². The number of benzene rings is 2. The maximum Gasteiger partial charge on any atom is 0.234 e. The highest BCUT2D eigenvalue weighted by atomic mass is 35.5. The lowest BCUT2D eigenvalue weighted by molar-refractivity contribution is -0.122. The second-order valence-corrected chi connectivity index (χ2v) is 8.05. The van der Waals surface area contributed by atoms with E-state index < -0.39 is 0 Å². The zero-order valence-electron chi connectivity index (χ0n) is 14.3. The summed E-state index contributed by atoms with van der Waals surface area (Å²) in [7, 11) is 0. The smallest absolute Gasteiger partial charge is 0.234 e. The molecule has 134 valence electrons. The van der Waals surface area contributed by atoms with Crippen molar-refractivity contribution in [2.75, 3.05) is 13.1 Å². The number of thiazole rings is 1. The van der Waals surface area contributed by atoms with E-state index in [9.17, 15) is 4.79 Å². The number of fused-ring (bicyclic) bond motifs is 1. The van der Waals surface area contributed by atoms with Crippen LogP contribution in [0.5, 0.6) is 0 Å². The van der Waals surface area contributed by atoms with Crippen LogP contribution in [0.4, 0.5) is 0 Å². The van der Waals surface area contributed by atoms with Crippen molar-refractivity contribution < 1.29 is 4.79 Å². The van der Waals surface area contributed by atoms with Crippen molar-refractivity contribution in [2.45, 2.75) is 25.4 Å². The largest absolute Gasteiger partial charge is 0.351 e. The van der Waals surface area contributed by atoms with Gasteiger partial charge < -0.3 is 5.32 Å². The molecule has 2 aromatic carbocycles. The molecule has 1 fully saturated rings.